The molecule has 66 valence electrons. The summed E-state index contributed by atoms with van der Waals surface area (Å²) in [5.41, 5.74) is 15.3. The maximum atomic E-state index is 10.4. The molecule has 0 rings (SSSR count). The molecule has 5 nitrogen and oxygen atoms in total. The van der Waals surface area contributed by atoms with Crippen molar-refractivity contribution in [3.63, 3.8) is 0 Å². The van der Waals surface area contributed by atoms with Crippen LogP contribution in [0.1, 0.15) is 12.8 Å². The molecule has 0 bridgehead atoms. The molecule has 0 saturated heterocycles. The summed E-state index contributed by atoms with van der Waals surface area (Å²) in [6, 6.07) is -0.971. The van der Waals surface area contributed by atoms with Crippen molar-refractivity contribution < 1.29 is 9.90 Å². The van der Waals surface area contributed by atoms with Crippen LogP contribution < -0.4 is 17.2 Å². The van der Waals surface area contributed by atoms with Gasteiger partial charge in [-0.05, 0) is 19.4 Å². The number of nitrogens with two attached hydrogens (primary N) is 3. The Morgan fingerprint density at radius 1 is 1.55 bits per heavy atom. The largest absolute Gasteiger partial charge is 0.391 e. The van der Waals surface area contributed by atoms with Gasteiger partial charge in [0.25, 0.3) is 0 Å². The first-order valence-electron chi connectivity index (χ1n) is 3.52. The van der Waals surface area contributed by atoms with Gasteiger partial charge in [-0.1, -0.05) is 0 Å². The van der Waals surface area contributed by atoms with E-state index in [0.29, 0.717) is 19.4 Å². The average molecular weight is 161 g/mol. The van der Waals surface area contributed by atoms with E-state index in [2.05, 4.69) is 0 Å². The molecule has 0 aliphatic heterocycles. The number of carbonyl (C=O) groups excluding carboxylic acids is 1. The van der Waals surface area contributed by atoms with Gasteiger partial charge in [-0.15, -0.1) is 0 Å². The molecule has 11 heavy (non-hydrogen) atoms. The summed E-state index contributed by atoms with van der Waals surface area (Å²) in [5, 5.41) is 9.14. The van der Waals surface area contributed by atoms with Crippen LogP contribution in [0.4, 0.5) is 0 Å². The van der Waals surface area contributed by atoms with Crippen molar-refractivity contribution in [3.05, 3.63) is 0 Å². The van der Waals surface area contributed by atoms with Gasteiger partial charge in [-0.25, -0.2) is 0 Å². The van der Waals surface area contributed by atoms with Gasteiger partial charge >= 0.3 is 0 Å². The first-order valence-corrected chi connectivity index (χ1v) is 3.52. The molecule has 0 aromatic rings. The average Bonchev–Trinajstić information content (AvgIpc) is 1.98. The van der Waals surface area contributed by atoms with Crippen molar-refractivity contribution in [2.45, 2.75) is 25.0 Å². The topological polar surface area (TPSA) is 115 Å². The lowest BCUT2D eigenvalue weighted by Gasteiger charge is -2.14. The van der Waals surface area contributed by atoms with Gasteiger partial charge in [0.15, 0.2) is 0 Å². The van der Waals surface area contributed by atoms with Gasteiger partial charge in [0.2, 0.25) is 5.91 Å². The Bertz CT molecular complexity index is 129. The van der Waals surface area contributed by atoms with Crippen LogP contribution in [0.5, 0.6) is 0 Å². The Morgan fingerprint density at radius 3 is 2.45 bits per heavy atom. The molecule has 1 unspecified atom stereocenters. The van der Waals surface area contributed by atoms with E-state index in [0.717, 1.165) is 0 Å². The van der Waals surface area contributed by atoms with E-state index in [4.69, 9.17) is 22.3 Å². The van der Waals surface area contributed by atoms with Gasteiger partial charge in [0.1, 0.15) is 6.04 Å². The van der Waals surface area contributed by atoms with E-state index in [-0.39, 0.29) is 0 Å². The lowest BCUT2D eigenvalue weighted by atomic mass is 10.1. The predicted octanol–water partition coefficient (Wildman–Crippen LogP) is -2.10. The third-order valence-corrected chi connectivity index (χ3v) is 1.45. The first kappa shape index (κ1) is 10.3. The fourth-order valence-corrected chi connectivity index (χ4v) is 0.696. The maximum Gasteiger partial charge on any atom is 0.237 e. The minimum atomic E-state index is -0.971. The normalized spacial score (nSPS) is 15.9. The van der Waals surface area contributed by atoms with Crippen molar-refractivity contribution in [2.24, 2.45) is 17.2 Å². The maximum absolute atomic E-state index is 10.4. The Morgan fingerprint density at radius 2 is 2.09 bits per heavy atom. The molecule has 0 aliphatic rings. The Hall–Kier alpha value is -0.650. The van der Waals surface area contributed by atoms with Crippen LogP contribution in [-0.4, -0.2) is 29.7 Å². The second-order valence-corrected chi connectivity index (χ2v) is 2.43. The summed E-state index contributed by atoms with van der Waals surface area (Å²) in [6.07, 6.45) is 0.194. The number of hydrogen-bond donors (Lipinski definition) is 4. The summed E-state index contributed by atoms with van der Waals surface area (Å²) in [7, 11) is 0. The molecule has 5 heteroatoms. The highest BCUT2D eigenvalue weighted by atomic mass is 16.3. The second kappa shape index (κ2) is 5.06. The molecule has 0 heterocycles. The molecule has 0 aliphatic carbocycles. The minimum absolute atomic E-state index is 0.417. The third kappa shape index (κ3) is 3.92. The summed E-state index contributed by atoms with van der Waals surface area (Å²) in [4.78, 5) is 10.4. The smallest absolute Gasteiger partial charge is 0.237 e. The predicted molar refractivity (Wildman–Crippen MR) is 41.5 cm³/mol. The van der Waals surface area contributed by atoms with Crippen molar-refractivity contribution in [1.29, 1.82) is 0 Å². The molecule has 0 fully saturated rings. The van der Waals surface area contributed by atoms with Crippen LogP contribution in [0.25, 0.3) is 0 Å². The van der Waals surface area contributed by atoms with Gasteiger partial charge in [-0.2, -0.15) is 0 Å². The van der Waals surface area contributed by atoms with E-state index < -0.39 is 18.1 Å². The number of carbonyl (C=O) groups is 1. The summed E-state index contributed by atoms with van der Waals surface area (Å²) in [5.74, 6) is -0.686. The standard InChI is InChI=1S/C6H15N3O2/c7-3-1-2-4(10)5(8)6(9)11/h4-5,10H,1-3,7-8H2,(H2,9,11)/t4?,5-/m1/s1. The molecule has 0 spiro atoms. The van der Waals surface area contributed by atoms with Crippen molar-refractivity contribution in [1.82, 2.24) is 0 Å². The zero-order valence-corrected chi connectivity index (χ0v) is 6.36. The Labute approximate surface area is 65.5 Å². The van der Waals surface area contributed by atoms with Crippen LogP contribution in [0, 0.1) is 0 Å². The summed E-state index contributed by atoms with van der Waals surface area (Å²) >= 11 is 0. The van der Waals surface area contributed by atoms with E-state index in [1.54, 1.807) is 0 Å². The van der Waals surface area contributed by atoms with Crippen LogP contribution in [-0.2, 0) is 4.79 Å². The molecule has 0 saturated carbocycles. The van der Waals surface area contributed by atoms with E-state index in [1.165, 1.54) is 0 Å². The van der Waals surface area contributed by atoms with Gasteiger partial charge in [0.05, 0.1) is 6.10 Å². The highest BCUT2D eigenvalue weighted by Crippen LogP contribution is 1.98. The molecule has 0 radical (unpaired) electrons. The van der Waals surface area contributed by atoms with E-state index in [1.807, 2.05) is 0 Å². The monoisotopic (exact) mass is 161 g/mol. The Balaban J connectivity index is 3.63. The first-order chi connectivity index (χ1) is 5.09. The zero-order chi connectivity index (χ0) is 8.85. The molecular weight excluding hydrogens is 146 g/mol. The van der Waals surface area contributed by atoms with Crippen molar-refractivity contribution >= 4 is 5.91 Å². The minimum Gasteiger partial charge on any atom is -0.391 e. The number of rotatable bonds is 5. The lowest BCUT2D eigenvalue weighted by Crippen LogP contribution is -2.45. The molecule has 0 aromatic heterocycles. The SMILES string of the molecule is NCCCC(O)[C@@H](N)C(N)=O. The summed E-state index contributed by atoms with van der Waals surface area (Å²) < 4.78 is 0. The molecular formula is C6H15N3O2. The van der Waals surface area contributed by atoms with Crippen LogP contribution in [0.3, 0.4) is 0 Å². The third-order valence-electron chi connectivity index (χ3n) is 1.45. The highest BCUT2D eigenvalue weighted by molar-refractivity contribution is 5.80. The Kier molecular flexibility index (Phi) is 4.76. The van der Waals surface area contributed by atoms with Crippen molar-refractivity contribution in [3.8, 4) is 0 Å². The van der Waals surface area contributed by atoms with Gasteiger partial charge in [-0.3, -0.25) is 4.79 Å². The van der Waals surface area contributed by atoms with Crippen LogP contribution >= 0.6 is 0 Å². The fraction of sp³-hybridized carbons (Fsp3) is 0.833. The lowest BCUT2D eigenvalue weighted by molar-refractivity contribution is -0.121. The number of aliphatic hydroxyl groups is 1. The zero-order valence-electron chi connectivity index (χ0n) is 6.36. The molecule has 0 aromatic carbocycles. The van der Waals surface area contributed by atoms with Gasteiger partial charge < -0.3 is 22.3 Å². The summed E-state index contributed by atoms with van der Waals surface area (Å²) in [6.45, 7) is 0.475. The van der Waals surface area contributed by atoms with Crippen molar-refractivity contribution in [2.75, 3.05) is 6.54 Å². The highest BCUT2D eigenvalue weighted by Gasteiger charge is 2.18. The fourth-order valence-electron chi connectivity index (χ4n) is 0.696. The van der Waals surface area contributed by atoms with Gasteiger partial charge in [0, 0.05) is 0 Å². The van der Waals surface area contributed by atoms with Crippen LogP contribution in [0.2, 0.25) is 0 Å². The number of primary amides is 1. The molecule has 1 amide bonds. The van der Waals surface area contributed by atoms with E-state index >= 15 is 0 Å². The van der Waals surface area contributed by atoms with Crippen LogP contribution in [0.15, 0.2) is 0 Å². The molecule has 7 N–H and O–H groups in total. The molecule has 2 atom stereocenters. The quantitative estimate of drug-likeness (QED) is 0.369. The number of aliphatic hydroxyl groups excluding tert-OH is 1. The second-order valence-electron chi connectivity index (χ2n) is 2.43. The number of hydrogen-bond acceptors (Lipinski definition) is 4. The number of amides is 1. The van der Waals surface area contributed by atoms with E-state index in [9.17, 15) is 4.79 Å².